The number of furan rings is 1. The number of carbonyl (C=O) groups is 1. The van der Waals surface area contributed by atoms with Gasteiger partial charge in [0.15, 0.2) is 5.76 Å². The Morgan fingerprint density at radius 1 is 1.04 bits per heavy atom. The Morgan fingerprint density at radius 2 is 1.86 bits per heavy atom. The van der Waals surface area contributed by atoms with E-state index in [1.807, 2.05) is 30.3 Å². The van der Waals surface area contributed by atoms with Crippen molar-refractivity contribution in [2.75, 3.05) is 0 Å². The summed E-state index contributed by atoms with van der Waals surface area (Å²) in [4.78, 5) is 12.5. The van der Waals surface area contributed by atoms with Crippen molar-refractivity contribution < 1.29 is 9.21 Å². The van der Waals surface area contributed by atoms with Crippen LogP contribution in [0.4, 0.5) is 0 Å². The van der Waals surface area contributed by atoms with Gasteiger partial charge in [-0.1, -0.05) is 53.5 Å². The van der Waals surface area contributed by atoms with Gasteiger partial charge in [-0.3, -0.25) is 9.89 Å². The highest BCUT2D eigenvalue weighted by Crippen LogP contribution is 2.32. The Bertz CT molecular complexity index is 1160. The first-order chi connectivity index (χ1) is 13.6. The molecule has 6 heteroatoms. The molecule has 1 N–H and O–H groups in total. The number of allylic oxidation sites excluding steroid dienone is 1. The molecule has 28 heavy (non-hydrogen) atoms. The Hall–Kier alpha value is -3.08. The first-order valence-electron chi connectivity index (χ1n) is 8.48. The molecule has 2 heterocycles. The van der Waals surface area contributed by atoms with Crippen molar-refractivity contribution in [2.45, 2.75) is 0 Å². The molecule has 0 saturated carbocycles. The summed E-state index contributed by atoms with van der Waals surface area (Å²) < 4.78 is 5.68. The second-order valence-electron chi connectivity index (χ2n) is 6.05. The van der Waals surface area contributed by atoms with E-state index in [1.165, 1.54) is 6.08 Å². The summed E-state index contributed by atoms with van der Waals surface area (Å²) in [5.74, 6) is 0.439. The molecule has 0 aliphatic carbocycles. The van der Waals surface area contributed by atoms with Gasteiger partial charge in [0.25, 0.3) is 0 Å². The number of hydrogen-bond acceptors (Lipinski definition) is 3. The van der Waals surface area contributed by atoms with Crippen molar-refractivity contribution in [1.29, 1.82) is 0 Å². The molecule has 0 atom stereocenters. The topological polar surface area (TPSA) is 58.9 Å². The van der Waals surface area contributed by atoms with Gasteiger partial charge in [-0.25, -0.2) is 0 Å². The van der Waals surface area contributed by atoms with Crippen LogP contribution in [0.2, 0.25) is 10.0 Å². The predicted molar refractivity (Wildman–Crippen MR) is 112 cm³/mol. The zero-order valence-electron chi connectivity index (χ0n) is 14.5. The van der Waals surface area contributed by atoms with Gasteiger partial charge in [0, 0.05) is 21.7 Å². The number of ketones is 1. The number of nitrogens with one attached hydrogen (secondary N) is 1. The minimum atomic E-state index is -0.260. The number of hydrogen-bond donors (Lipinski definition) is 1. The van der Waals surface area contributed by atoms with E-state index in [2.05, 4.69) is 10.2 Å². The summed E-state index contributed by atoms with van der Waals surface area (Å²) in [6, 6.07) is 18.2. The van der Waals surface area contributed by atoms with Crippen molar-refractivity contribution in [3.8, 4) is 22.6 Å². The lowest BCUT2D eigenvalue weighted by Gasteiger charge is -2.01. The molecule has 0 spiro atoms. The standard InChI is InChI=1S/C22H14Cl2N2O2/c23-16-7-8-18(24)17(12-16)20-10-11-21(28-20)19(27)9-6-15-13-25-26-22(15)14-4-2-1-3-5-14/h1-13H,(H,25,26)/b9-6+. The zero-order valence-corrected chi connectivity index (χ0v) is 16.0. The van der Waals surface area contributed by atoms with E-state index in [-0.39, 0.29) is 11.5 Å². The maximum atomic E-state index is 12.5. The van der Waals surface area contributed by atoms with Gasteiger partial charge in [0.2, 0.25) is 5.78 Å². The molecule has 2 aromatic carbocycles. The van der Waals surface area contributed by atoms with Crippen LogP contribution in [0.3, 0.4) is 0 Å². The van der Waals surface area contributed by atoms with Crippen LogP contribution in [0.15, 0.2) is 77.4 Å². The fourth-order valence-electron chi connectivity index (χ4n) is 2.81. The van der Waals surface area contributed by atoms with Gasteiger partial charge in [-0.2, -0.15) is 5.10 Å². The van der Waals surface area contributed by atoms with Gasteiger partial charge >= 0.3 is 0 Å². The quantitative estimate of drug-likeness (QED) is 0.301. The molecule has 0 bridgehead atoms. The molecule has 2 aromatic heterocycles. The van der Waals surface area contributed by atoms with E-state index >= 15 is 0 Å². The lowest BCUT2D eigenvalue weighted by Crippen LogP contribution is -1.90. The number of benzene rings is 2. The first kappa shape index (κ1) is 18.3. The summed E-state index contributed by atoms with van der Waals surface area (Å²) in [6.07, 6.45) is 4.84. The summed E-state index contributed by atoms with van der Waals surface area (Å²) in [5.41, 5.74) is 3.28. The fraction of sp³-hybridized carbons (Fsp3) is 0. The number of aromatic amines is 1. The molecule has 0 amide bonds. The van der Waals surface area contributed by atoms with E-state index in [1.54, 1.807) is 42.6 Å². The number of aromatic nitrogens is 2. The largest absolute Gasteiger partial charge is 0.453 e. The van der Waals surface area contributed by atoms with Crippen LogP contribution in [0.25, 0.3) is 28.7 Å². The van der Waals surface area contributed by atoms with Gasteiger partial charge in [0.1, 0.15) is 5.76 Å². The second kappa shape index (κ2) is 7.89. The molecule has 0 radical (unpaired) electrons. The number of H-pyrrole nitrogens is 1. The summed E-state index contributed by atoms with van der Waals surface area (Å²) in [7, 11) is 0. The minimum absolute atomic E-state index is 0.215. The van der Waals surface area contributed by atoms with Crippen molar-refractivity contribution in [3.05, 3.63) is 94.3 Å². The number of carbonyl (C=O) groups excluding carboxylic acids is 1. The summed E-state index contributed by atoms with van der Waals surface area (Å²) in [6.45, 7) is 0. The second-order valence-corrected chi connectivity index (χ2v) is 6.90. The highest BCUT2D eigenvalue weighted by molar-refractivity contribution is 6.35. The molecule has 4 rings (SSSR count). The third-order valence-electron chi connectivity index (χ3n) is 4.19. The van der Waals surface area contributed by atoms with Crippen LogP contribution >= 0.6 is 23.2 Å². The van der Waals surface area contributed by atoms with Crippen LogP contribution in [0.5, 0.6) is 0 Å². The monoisotopic (exact) mass is 408 g/mol. The van der Waals surface area contributed by atoms with Crippen LogP contribution in [-0.2, 0) is 0 Å². The average Bonchev–Trinajstić information content (AvgIpc) is 3.38. The minimum Gasteiger partial charge on any atom is -0.453 e. The maximum absolute atomic E-state index is 12.5. The Labute approximate surface area is 171 Å². The molecule has 0 aliphatic rings. The maximum Gasteiger partial charge on any atom is 0.221 e. The van der Waals surface area contributed by atoms with E-state index in [9.17, 15) is 4.79 Å². The normalized spacial score (nSPS) is 11.2. The van der Waals surface area contributed by atoms with E-state index < -0.39 is 0 Å². The number of rotatable bonds is 5. The predicted octanol–water partition coefficient (Wildman–Crippen LogP) is 6.54. The third-order valence-corrected chi connectivity index (χ3v) is 4.75. The molecule has 4 aromatic rings. The summed E-state index contributed by atoms with van der Waals surface area (Å²) in [5, 5.41) is 8.07. The molecule has 138 valence electrons. The molecule has 0 aliphatic heterocycles. The number of nitrogens with zero attached hydrogens (tertiary/aromatic N) is 1. The van der Waals surface area contributed by atoms with Crippen LogP contribution in [0.1, 0.15) is 16.1 Å². The van der Waals surface area contributed by atoms with E-state index in [4.69, 9.17) is 27.6 Å². The smallest absolute Gasteiger partial charge is 0.221 e. The summed E-state index contributed by atoms with van der Waals surface area (Å²) >= 11 is 12.2. The van der Waals surface area contributed by atoms with Crippen molar-refractivity contribution in [3.63, 3.8) is 0 Å². The van der Waals surface area contributed by atoms with Gasteiger partial charge in [-0.15, -0.1) is 0 Å². The zero-order chi connectivity index (χ0) is 19.5. The van der Waals surface area contributed by atoms with Crippen molar-refractivity contribution >= 4 is 35.1 Å². The van der Waals surface area contributed by atoms with Crippen LogP contribution in [-0.4, -0.2) is 16.0 Å². The number of halogens is 2. The molecule has 0 unspecified atom stereocenters. The van der Waals surface area contributed by atoms with Crippen molar-refractivity contribution in [2.24, 2.45) is 0 Å². The molecular formula is C22H14Cl2N2O2. The fourth-order valence-corrected chi connectivity index (χ4v) is 3.19. The van der Waals surface area contributed by atoms with Gasteiger partial charge in [0.05, 0.1) is 16.9 Å². The highest BCUT2D eigenvalue weighted by atomic mass is 35.5. The lowest BCUT2D eigenvalue weighted by atomic mass is 10.1. The SMILES string of the molecule is O=C(/C=C/c1cn[nH]c1-c1ccccc1)c1ccc(-c2cc(Cl)ccc2Cl)o1. The van der Waals surface area contributed by atoms with Gasteiger partial charge < -0.3 is 4.42 Å². The molecular weight excluding hydrogens is 395 g/mol. The molecule has 4 nitrogen and oxygen atoms in total. The van der Waals surface area contributed by atoms with Crippen LogP contribution < -0.4 is 0 Å². The Morgan fingerprint density at radius 3 is 2.68 bits per heavy atom. The highest BCUT2D eigenvalue weighted by Gasteiger charge is 2.13. The van der Waals surface area contributed by atoms with Crippen LogP contribution in [0, 0.1) is 0 Å². The van der Waals surface area contributed by atoms with E-state index in [0.717, 1.165) is 16.8 Å². The molecule has 0 saturated heterocycles. The van der Waals surface area contributed by atoms with E-state index in [0.29, 0.717) is 21.4 Å². The van der Waals surface area contributed by atoms with Gasteiger partial charge in [-0.05, 0) is 42.5 Å². The lowest BCUT2D eigenvalue weighted by molar-refractivity contribution is 0.102. The molecule has 0 fully saturated rings. The average molecular weight is 409 g/mol. The Balaban J connectivity index is 1.57. The first-order valence-corrected chi connectivity index (χ1v) is 9.24. The van der Waals surface area contributed by atoms with Crippen molar-refractivity contribution in [1.82, 2.24) is 10.2 Å². The Kier molecular flexibility index (Phi) is 5.15. The third kappa shape index (κ3) is 3.79.